The first-order valence-corrected chi connectivity index (χ1v) is 12.3. The van der Waals surface area contributed by atoms with Crippen LogP contribution in [0.5, 0.6) is 0 Å². The molecule has 0 N–H and O–H groups in total. The number of aromatic nitrogens is 4. The van der Waals surface area contributed by atoms with Gasteiger partial charge in [0.1, 0.15) is 5.82 Å². The minimum absolute atomic E-state index is 0.311. The monoisotopic (exact) mass is 423 g/mol. The van der Waals surface area contributed by atoms with E-state index in [1.807, 2.05) is 11.3 Å². The Kier molecular flexibility index (Phi) is 4.96. The van der Waals surface area contributed by atoms with Crippen LogP contribution in [0.15, 0.2) is 24.3 Å². The molecule has 0 amide bonds. The molecule has 1 saturated carbocycles. The first-order valence-electron chi connectivity index (χ1n) is 11.5. The maximum atomic E-state index is 6.05. The predicted octanol–water partition coefficient (Wildman–Crippen LogP) is 4.72. The van der Waals surface area contributed by atoms with Gasteiger partial charge in [0.25, 0.3) is 0 Å². The van der Waals surface area contributed by atoms with Crippen molar-refractivity contribution in [2.45, 2.75) is 69.4 Å². The van der Waals surface area contributed by atoms with Gasteiger partial charge < -0.3 is 9.64 Å². The summed E-state index contributed by atoms with van der Waals surface area (Å²) in [7, 11) is 0. The number of fused-ring (bicyclic) bond motifs is 1. The smallest absolute Gasteiger partial charge is 0.227 e. The summed E-state index contributed by atoms with van der Waals surface area (Å²) in [4.78, 5) is 7.36. The normalized spacial score (nSPS) is 23.3. The van der Waals surface area contributed by atoms with E-state index in [4.69, 9.17) is 9.72 Å². The first kappa shape index (κ1) is 18.8. The quantitative estimate of drug-likeness (QED) is 0.594. The molecule has 0 unspecified atom stereocenters. The van der Waals surface area contributed by atoms with E-state index < -0.39 is 0 Å². The lowest BCUT2D eigenvalue weighted by Crippen LogP contribution is -2.36. The molecule has 6 rings (SSSR count). The predicted molar refractivity (Wildman–Crippen MR) is 119 cm³/mol. The molecule has 3 aromatic rings. The van der Waals surface area contributed by atoms with Crippen LogP contribution in [0.2, 0.25) is 0 Å². The highest BCUT2D eigenvalue weighted by molar-refractivity contribution is 7.18. The van der Waals surface area contributed by atoms with Crippen molar-refractivity contribution in [2.75, 3.05) is 24.6 Å². The molecule has 3 aliphatic rings. The lowest BCUT2D eigenvalue weighted by atomic mass is 9.98. The van der Waals surface area contributed by atoms with Gasteiger partial charge >= 0.3 is 0 Å². The zero-order chi connectivity index (χ0) is 19.9. The van der Waals surface area contributed by atoms with Crippen LogP contribution >= 0.6 is 11.3 Å². The number of para-hydroxylation sites is 1. The Hall–Kier alpha value is -1.99. The van der Waals surface area contributed by atoms with E-state index in [9.17, 15) is 0 Å². The van der Waals surface area contributed by atoms with Crippen LogP contribution in [0.1, 0.15) is 67.6 Å². The summed E-state index contributed by atoms with van der Waals surface area (Å²) < 4.78 is 9.75. The molecular weight excluding hydrogens is 394 g/mol. The third kappa shape index (κ3) is 3.62. The number of hydrogen-bond acceptors (Lipinski definition) is 6. The van der Waals surface area contributed by atoms with E-state index in [1.54, 1.807) is 0 Å². The molecule has 0 bridgehead atoms. The van der Waals surface area contributed by atoms with E-state index in [2.05, 4.69) is 43.9 Å². The lowest BCUT2D eigenvalue weighted by Gasteiger charge is -2.33. The van der Waals surface area contributed by atoms with Crippen molar-refractivity contribution in [3.8, 4) is 0 Å². The molecule has 4 heterocycles. The number of rotatable bonds is 5. The maximum Gasteiger partial charge on any atom is 0.227 e. The molecule has 7 heteroatoms. The minimum atomic E-state index is 0.311. The van der Waals surface area contributed by atoms with Crippen LogP contribution < -0.4 is 4.90 Å². The van der Waals surface area contributed by atoms with Gasteiger partial charge in [0.15, 0.2) is 0 Å². The van der Waals surface area contributed by atoms with Gasteiger partial charge in [-0.2, -0.15) is 0 Å². The molecule has 158 valence electrons. The van der Waals surface area contributed by atoms with Crippen molar-refractivity contribution in [1.82, 2.24) is 19.7 Å². The Labute approximate surface area is 181 Å². The molecule has 30 heavy (non-hydrogen) atoms. The average Bonchev–Trinajstić information content (AvgIpc) is 3.41. The summed E-state index contributed by atoms with van der Waals surface area (Å²) in [5, 5.41) is 10.6. The van der Waals surface area contributed by atoms with Crippen molar-refractivity contribution in [1.29, 1.82) is 0 Å². The number of hydrogen-bond donors (Lipinski definition) is 0. The highest BCUT2D eigenvalue weighted by atomic mass is 32.1. The fourth-order valence-electron chi connectivity index (χ4n) is 4.91. The van der Waals surface area contributed by atoms with E-state index in [0.29, 0.717) is 17.9 Å². The molecule has 0 radical (unpaired) electrons. The Bertz CT molecular complexity index is 979. The van der Waals surface area contributed by atoms with Crippen molar-refractivity contribution in [3.63, 3.8) is 0 Å². The largest absolute Gasteiger partial charge is 0.376 e. The van der Waals surface area contributed by atoms with Crippen molar-refractivity contribution < 1.29 is 4.74 Å². The molecule has 6 nitrogen and oxygen atoms in total. The fraction of sp³-hybridized carbons (Fsp3) is 0.609. The number of benzene rings is 1. The number of anilines is 1. The third-order valence-electron chi connectivity index (χ3n) is 6.80. The van der Waals surface area contributed by atoms with Crippen molar-refractivity contribution >= 4 is 27.5 Å². The molecule has 0 spiro atoms. The van der Waals surface area contributed by atoms with Gasteiger partial charge in [0, 0.05) is 31.5 Å². The van der Waals surface area contributed by atoms with Crippen LogP contribution in [-0.4, -0.2) is 45.5 Å². The van der Waals surface area contributed by atoms with Gasteiger partial charge in [-0.15, -0.1) is 21.5 Å². The molecular formula is C23H29N5OS. The van der Waals surface area contributed by atoms with Crippen LogP contribution in [0.3, 0.4) is 0 Å². The minimum Gasteiger partial charge on any atom is -0.376 e. The second kappa shape index (κ2) is 7.93. The van der Waals surface area contributed by atoms with Crippen molar-refractivity contribution in [2.24, 2.45) is 0 Å². The van der Waals surface area contributed by atoms with Gasteiger partial charge in [-0.3, -0.25) is 4.57 Å². The Morgan fingerprint density at radius 2 is 1.83 bits per heavy atom. The third-order valence-corrected chi connectivity index (χ3v) is 8.00. The summed E-state index contributed by atoms with van der Waals surface area (Å²) in [6, 6.07) is 8.49. The summed E-state index contributed by atoms with van der Waals surface area (Å²) in [6.45, 7) is 3.85. The van der Waals surface area contributed by atoms with Gasteiger partial charge in [0.2, 0.25) is 5.95 Å². The zero-order valence-electron chi connectivity index (χ0n) is 17.4. The Balaban J connectivity index is 1.19. The number of nitrogens with zero attached hydrogens (tertiary/aromatic N) is 5. The van der Waals surface area contributed by atoms with E-state index >= 15 is 0 Å². The summed E-state index contributed by atoms with van der Waals surface area (Å²) in [5.74, 6) is 3.41. The summed E-state index contributed by atoms with van der Waals surface area (Å²) in [6.07, 6.45) is 8.70. The second-order valence-corrected chi connectivity index (χ2v) is 10.1. The lowest BCUT2D eigenvalue weighted by molar-refractivity contribution is 0.00568. The Morgan fingerprint density at radius 3 is 2.60 bits per heavy atom. The Morgan fingerprint density at radius 1 is 0.967 bits per heavy atom. The molecule has 1 atom stereocenters. The number of thiazole rings is 1. The summed E-state index contributed by atoms with van der Waals surface area (Å²) >= 11 is 1.86. The highest BCUT2D eigenvalue weighted by Crippen LogP contribution is 2.41. The van der Waals surface area contributed by atoms with Gasteiger partial charge in [-0.25, -0.2) is 4.98 Å². The highest BCUT2D eigenvalue weighted by Gasteiger charge is 2.34. The maximum absolute atomic E-state index is 6.05. The fourth-order valence-corrected chi connectivity index (χ4v) is 6.04. The second-order valence-electron chi connectivity index (χ2n) is 9.01. The zero-order valence-corrected chi connectivity index (χ0v) is 18.2. The molecule has 1 aliphatic carbocycles. The van der Waals surface area contributed by atoms with Gasteiger partial charge in [-0.1, -0.05) is 12.1 Å². The van der Waals surface area contributed by atoms with E-state index in [0.717, 1.165) is 57.0 Å². The molecule has 2 aliphatic heterocycles. The number of piperidine rings is 1. The van der Waals surface area contributed by atoms with E-state index in [1.165, 1.54) is 41.2 Å². The van der Waals surface area contributed by atoms with Crippen LogP contribution in [0.25, 0.3) is 10.2 Å². The average molecular weight is 424 g/mol. The van der Waals surface area contributed by atoms with Crippen LogP contribution in [0.4, 0.5) is 5.95 Å². The molecule has 2 aromatic heterocycles. The summed E-state index contributed by atoms with van der Waals surface area (Å²) in [5.41, 5.74) is 1.14. The van der Waals surface area contributed by atoms with Crippen LogP contribution in [-0.2, 0) is 11.3 Å². The van der Waals surface area contributed by atoms with Crippen LogP contribution in [0, 0.1) is 0 Å². The van der Waals surface area contributed by atoms with E-state index in [-0.39, 0.29) is 0 Å². The molecule has 2 saturated heterocycles. The van der Waals surface area contributed by atoms with Gasteiger partial charge in [0.05, 0.1) is 27.9 Å². The van der Waals surface area contributed by atoms with Crippen molar-refractivity contribution in [3.05, 3.63) is 35.1 Å². The first-order chi connectivity index (χ1) is 14.8. The molecule has 1 aromatic carbocycles. The number of ether oxygens (including phenoxy) is 1. The SMILES string of the molecule is c1ccc2sc(C3CCN(c4nnc(C5CC5)n4C[C@@H]4CCCCO4)CC3)nc2c1. The molecule has 3 fully saturated rings. The standard InChI is InChI=1S/C23H29N5OS/c1-2-7-20-19(6-1)24-22(30-20)17-10-12-27(13-11-17)23-26-25-21(16-8-9-16)28(23)15-18-5-3-4-14-29-18/h1-2,6-7,16-18H,3-5,8-15H2/t18-/m0/s1. The topological polar surface area (TPSA) is 56.1 Å². The van der Waals surface area contributed by atoms with Gasteiger partial charge in [-0.05, 0) is 57.1 Å².